The zero-order valence-corrected chi connectivity index (χ0v) is 19.5. The van der Waals surface area contributed by atoms with Crippen molar-refractivity contribution in [2.24, 2.45) is 10.4 Å². The topological polar surface area (TPSA) is 18.8 Å². The monoisotopic (exact) mass is 451 g/mol. The minimum Gasteiger partial charge on any atom is -0.293 e. The van der Waals surface area contributed by atoms with Crippen molar-refractivity contribution in [1.82, 2.24) is 4.90 Å². The van der Waals surface area contributed by atoms with E-state index >= 15 is 0 Å². The molecular formula is C24H32F3N3S. The van der Waals surface area contributed by atoms with Crippen LogP contribution in [-0.2, 0) is 6.18 Å². The first-order valence-corrected chi connectivity index (χ1v) is 11.8. The summed E-state index contributed by atoms with van der Waals surface area (Å²) >= 11 is 6.11. The Morgan fingerprint density at radius 3 is 2.23 bits per heavy atom. The predicted octanol–water partition coefficient (Wildman–Crippen LogP) is 6.46. The lowest BCUT2D eigenvalue weighted by Crippen LogP contribution is -2.50. The van der Waals surface area contributed by atoms with Gasteiger partial charge < -0.3 is 0 Å². The molecule has 0 amide bonds. The van der Waals surface area contributed by atoms with Crippen molar-refractivity contribution in [2.45, 2.75) is 83.5 Å². The van der Waals surface area contributed by atoms with E-state index in [-0.39, 0.29) is 17.0 Å². The van der Waals surface area contributed by atoms with Crippen LogP contribution in [0.5, 0.6) is 0 Å². The van der Waals surface area contributed by atoms with Crippen molar-refractivity contribution in [2.75, 3.05) is 18.0 Å². The van der Waals surface area contributed by atoms with Crippen LogP contribution in [0.2, 0.25) is 0 Å². The van der Waals surface area contributed by atoms with Crippen molar-refractivity contribution in [3.05, 3.63) is 29.8 Å². The Hall–Kier alpha value is -1.47. The van der Waals surface area contributed by atoms with Crippen LogP contribution in [0.1, 0.15) is 71.3 Å². The summed E-state index contributed by atoms with van der Waals surface area (Å²) in [6, 6.07) is 5.61. The van der Waals surface area contributed by atoms with Gasteiger partial charge in [0.05, 0.1) is 22.1 Å². The SMILES string of the molecule is CC(C)(C)N=C1C(N2CCCC2)C2(CCCCC2)C(=S)N1c1cccc(C(F)(F)F)c1. The van der Waals surface area contributed by atoms with Gasteiger partial charge in [-0.25, -0.2) is 0 Å². The molecule has 4 rings (SSSR count). The second kappa shape index (κ2) is 8.14. The van der Waals surface area contributed by atoms with Crippen LogP contribution in [-0.4, -0.2) is 40.4 Å². The zero-order chi connectivity index (χ0) is 22.4. The van der Waals surface area contributed by atoms with Crippen molar-refractivity contribution >= 4 is 28.7 Å². The number of hydrogen-bond donors (Lipinski definition) is 0. The molecule has 3 aliphatic rings. The Kier molecular flexibility index (Phi) is 5.97. The molecule has 2 aliphatic heterocycles. The number of nitrogens with zero attached hydrogens (tertiary/aromatic N) is 3. The predicted molar refractivity (Wildman–Crippen MR) is 124 cm³/mol. The number of thiocarbonyl (C=S) groups is 1. The van der Waals surface area contributed by atoms with Gasteiger partial charge in [0, 0.05) is 11.1 Å². The smallest absolute Gasteiger partial charge is 0.293 e. The summed E-state index contributed by atoms with van der Waals surface area (Å²) in [6.07, 6.45) is 3.24. The largest absolute Gasteiger partial charge is 0.416 e. The second-order valence-electron chi connectivity index (χ2n) is 10.2. The maximum absolute atomic E-state index is 13.5. The second-order valence-corrected chi connectivity index (χ2v) is 10.6. The normalized spacial score (nSPS) is 26.4. The summed E-state index contributed by atoms with van der Waals surface area (Å²) in [4.78, 5) is 10.3. The van der Waals surface area contributed by atoms with Gasteiger partial charge in [-0.2, -0.15) is 13.2 Å². The Balaban J connectivity index is 1.89. The number of alkyl halides is 3. The molecule has 3 fully saturated rings. The van der Waals surface area contributed by atoms with Gasteiger partial charge in [0.2, 0.25) is 0 Å². The Bertz CT molecular complexity index is 860. The van der Waals surface area contributed by atoms with Crippen molar-refractivity contribution in [3.8, 4) is 0 Å². The average molecular weight is 452 g/mol. The van der Waals surface area contributed by atoms with Gasteiger partial charge in [0.1, 0.15) is 5.84 Å². The first-order chi connectivity index (χ1) is 14.5. The molecule has 1 aliphatic carbocycles. The van der Waals surface area contributed by atoms with Crippen molar-refractivity contribution in [3.63, 3.8) is 0 Å². The van der Waals surface area contributed by atoms with Crippen LogP contribution >= 0.6 is 12.2 Å². The lowest BCUT2D eigenvalue weighted by Gasteiger charge is -2.41. The van der Waals surface area contributed by atoms with Gasteiger partial charge in [-0.05, 0) is 77.7 Å². The molecule has 0 bridgehead atoms. The summed E-state index contributed by atoms with van der Waals surface area (Å²) in [5.41, 5.74) is -0.751. The van der Waals surface area contributed by atoms with Crippen LogP contribution in [0.15, 0.2) is 29.3 Å². The third kappa shape index (κ3) is 4.28. The van der Waals surface area contributed by atoms with E-state index < -0.39 is 11.7 Å². The molecule has 1 aromatic carbocycles. The molecule has 1 atom stereocenters. The third-order valence-electron chi connectivity index (χ3n) is 6.76. The molecule has 2 saturated heterocycles. The third-order valence-corrected chi connectivity index (χ3v) is 7.35. The number of halogens is 3. The van der Waals surface area contributed by atoms with E-state index in [4.69, 9.17) is 17.2 Å². The highest BCUT2D eigenvalue weighted by atomic mass is 32.1. The zero-order valence-electron chi connectivity index (χ0n) is 18.6. The molecule has 1 aromatic rings. The van der Waals surface area contributed by atoms with E-state index in [0.717, 1.165) is 68.5 Å². The molecule has 7 heteroatoms. The molecule has 0 N–H and O–H groups in total. The summed E-state index contributed by atoms with van der Waals surface area (Å²) in [6.45, 7) is 8.12. The van der Waals surface area contributed by atoms with E-state index in [1.54, 1.807) is 6.07 Å². The van der Waals surface area contributed by atoms with Crippen molar-refractivity contribution < 1.29 is 13.2 Å². The van der Waals surface area contributed by atoms with Crippen LogP contribution in [0.4, 0.5) is 18.9 Å². The van der Waals surface area contributed by atoms with E-state index in [1.807, 2.05) is 25.7 Å². The lowest BCUT2D eigenvalue weighted by atomic mass is 9.70. The molecule has 31 heavy (non-hydrogen) atoms. The Morgan fingerprint density at radius 2 is 1.65 bits per heavy atom. The fourth-order valence-corrected chi connectivity index (χ4v) is 6.04. The Labute approximate surface area is 188 Å². The molecule has 1 spiro atoms. The van der Waals surface area contributed by atoms with Crippen LogP contribution in [0.25, 0.3) is 0 Å². The van der Waals surface area contributed by atoms with E-state index in [9.17, 15) is 13.2 Å². The van der Waals surface area contributed by atoms with Gasteiger partial charge in [-0.15, -0.1) is 0 Å². The maximum Gasteiger partial charge on any atom is 0.416 e. The molecule has 170 valence electrons. The van der Waals surface area contributed by atoms with Crippen molar-refractivity contribution in [1.29, 1.82) is 0 Å². The minimum absolute atomic E-state index is 0.0385. The number of rotatable bonds is 2. The number of amidine groups is 1. The fraction of sp³-hybridized carbons (Fsp3) is 0.667. The molecule has 0 radical (unpaired) electrons. The highest BCUT2D eigenvalue weighted by Gasteiger charge is 2.58. The number of hydrogen-bond acceptors (Lipinski definition) is 3. The summed E-state index contributed by atoms with van der Waals surface area (Å²) < 4.78 is 40.5. The first kappa shape index (κ1) is 22.7. The number of likely N-dealkylation sites (tertiary alicyclic amines) is 1. The highest BCUT2D eigenvalue weighted by Crippen LogP contribution is 2.51. The van der Waals surface area contributed by atoms with E-state index in [1.165, 1.54) is 18.6 Å². The van der Waals surface area contributed by atoms with Crippen LogP contribution < -0.4 is 4.90 Å². The molecular weight excluding hydrogens is 419 g/mol. The number of benzene rings is 1. The van der Waals surface area contributed by atoms with Gasteiger partial charge in [0.25, 0.3) is 0 Å². The quantitative estimate of drug-likeness (QED) is 0.481. The summed E-state index contributed by atoms with van der Waals surface area (Å²) in [7, 11) is 0. The van der Waals surface area contributed by atoms with Gasteiger partial charge in [-0.3, -0.25) is 14.8 Å². The first-order valence-electron chi connectivity index (χ1n) is 11.4. The molecule has 3 nitrogen and oxygen atoms in total. The van der Waals surface area contributed by atoms with Crippen LogP contribution in [0.3, 0.4) is 0 Å². The maximum atomic E-state index is 13.5. The summed E-state index contributed by atoms with van der Waals surface area (Å²) in [5, 5.41) is 0. The molecule has 1 saturated carbocycles. The Morgan fingerprint density at radius 1 is 1.00 bits per heavy atom. The van der Waals surface area contributed by atoms with Gasteiger partial charge in [-0.1, -0.05) is 37.5 Å². The standard InChI is InChI=1S/C24H32F3N3S/c1-22(2,3)28-20-19(29-14-7-8-15-29)23(12-5-4-6-13-23)21(31)30(20)18-11-9-10-17(16-18)24(25,26)27/h9-11,16,19H,4-8,12-15H2,1-3H3. The molecule has 2 heterocycles. The van der Waals surface area contributed by atoms with Gasteiger partial charge in [0.15, 0.2) is 0 Å². The average Bonchev–Trinajstić information content (AvgIpc) is 3.27. The summed E-state index contributed by atoms with van der Waals surface area (Å²) in [5.74, 6) is 0.834. The van der Waals surface area contributed by atoms with E-state index in [0.29, 0.717) is 5.69 Å². The molecule has 0 aromatic heterocycles. The van der Waals surface area contributed by atoms with E-state index in [2.05, 4.69) is 4.90 Å². The number of aliphatic imine (C=N–C) groups is 1. The lowest BCUT2D eigenvalue weighted by molar-refractivity contribution is -0.137. The fourth-order valence-electron chi connectivity index (χ4n) is 5.52. The van der Waals surface area contributed by atoms with Crippen LogP contribution in [0, 0.1) is 5.41 Å². The highest BCUT2D eigenvalue weighted by molar-refractivity contribution is 7.80. The minimum atomic E-state index is -4.39. The van der Waals surface area contributed by atoms with Gasteiger partial charge >= 0.3 is 6.18 Å². The number of anilines is 1. The molecule has 1 unspecified atom stereocenters.